The van der Waals surface area contributed by atoms with Gasteiger partial charge in [-0.1, -0.05) is 84.9 Å². The summed E-state index contributed by atoms with van der Waals surface area (Å²) in [6.07, 6.45) is 3.96. The highest BCUT2D eigenvalue weighted by Crippen LogP contribution is 2.44. The lowest BCUT2D eigenvalue weighted by Gasteiger charge is -2.18. The van der Waals surface area contributed by atoms with Crippen molar-refractivity contribution in [1.29, 1.82) is 0 Å². The van der Waals surface area contributed by atoms with Crippen LogP contribution in [0.2, 0.25) is 0 Å². The Kier molecular flexibility index (Phi) is 8.44. The van der Waals surface area contributed by atoms with Crippen molar-refractivity contribution in [3.05, 3.63) is 144 Å². The highest BCUT2D eigenvalue weighted by Gasteiger charge is 2.19. The van der Waals surface area contributed by atoms with Crippen molar-refractivity contribution in [2.75, 3.05) is 12.3 Å². The first-order chi connectivity index (χ1) is 23.9. The Bertz CT molecular complexity index is 2410. The van der Waals surface area contributed by atoms with E-state index in [1.807, 2.05) is 0 Å². The third-order valence-corrected chi connectivity index (χ3v) is 13.2. The number of para-hydroxylation sites is 4. The summed E-state index contributed by atoms with van der Waals surface area (Å²) in [7, 11) is 2.74. The number of rotatable bonds is 9. The van der Waals surface area contributed by atoms with Gasteiger partial charge in [0.05, 0.1) is 33.4 Å². The molecule has 7 heteroatoms. The number of aromatic nitrogens is 2. The van der Waals surface area contributed by atoms with Crippen molar-refractivity contribution in [1.82, 2.24) is 9.13 Å². The fraction of sp³-hybridized carbons (Fsp3) is 0.143. The van der Waals surface area contributed by atoms with Crippen molar-refractivity contribution < 1.29 is 10.2 Å². The summed E-state index contributed by atoms with van der Waals surface area (Å²) in [6.45, 7) is 4.25. The molecule has 6 aromatic carbocycles. The van der Waals surface area contributed by atoms with E-state index in [1.165, 1.54) is 21.5 Å². The number of hydrogen-bond acceptors (Lipinski definition) is 2. The fourth-order valence-corrected chi connectivity index (χ4v) is 11.3. The molecule has 4 nitrogen and oxygen atoms in total. The van der Waals surface area contributed by atoms with Gasteiger partial charge in [0.2, 0.25) is 0 Å². The van der Waals surface area contributed by atoms with Crippen LogP contribution in [0.4, 0.5) is 0 Å². The van der Waals surface area contributed by atoms with Gasteiger partial charge in [0.25, 0.3) is 0 Å². The molecule has 0 fully saturated rings. The van der Waals surface area contributed by atoms with E-state index in [-0.39, 0.29) is 7.80 Å². The first-order valence-corrected chi connectivity index (χ1v) is 20.5. The van der Waals surface area contributed by atoms with Crippen molar-refractivity contribution in [3.8, 4) is 22.9 Å². The molecule has 0 bridgehead atoms. The first kappa shape index (κ1) is 31.7. The van der Waals surface area contributed by atoms with Gasteiger partial charge < -0.3 is 19.3 Å². The van der Waals surface area contributed by atoms with Crippen LogP contribution in [-0.2, 0) is 12.3 Å². The van der Waals surface area contributed by atoms with Crippen LogP contribution in [0.15, 0.2) is 121 Å². The predicted octanol–water partition coefficient (Wildman–Crippen LogP) is 10.3. The molecule has 8 aromatic rings. The van der Waals surface area contributed by atoms with Crippen molar-refractivity contribution >= 4 is 67.6 Å². The number of nitrogens with zero attached hydrogens (tertiary/aromatic N) is 2. The molecule has 0 saturated heterocycles. The van der Waals surface area contributed by atoms with E-state index >= 15 is 0 Å². The quantitative estimate of drug-likeness (QED) is 0.0909. The molecule has 0 aliphatic rings. The van der Waals surface area contributed by atoms with Crippen LogP contribution in [-0.4, -0.2) is 39.2 Å². The largest absolute Gasteiger partial charge is 0.505 e. The molecular formula is C42H39BN2O2P2. The Morgan fingerprint density at radius 2 is 0.959 bits per heavy atom. The minimum atomic E-state index is -0.324. The number of aromatic hydroxyl groups is 2. The molecule has 2 heterocycles. The second kappa shape index (κ2) is 13.0. The van der Waals surface area contributed by atoms with E-state index in [0.29, 0.717) is 20.1 Å². The van der Waals surface area contributed by atoms with Gasteiger partial charge in [-0.15, -0.1) is 16.4 Å². The van der Waals surface area contributed by atoms with Gasteiger partial charge in [0.1, 0.15) is 19.1 Å². The Balaban J connectivity index is 1.00. The number of phenols is 2. The summed E-state index contributed by atoms with van der Waals surface area (Å²) in [5.74, 6) is 0.766. The maximum Gasteiger partial charge on any atom is 0.143 e. The number of fused-ring (bicyclic) bond motifs is 6. The SMILES string of the molecule is BP(CCPCc1cc(C)cc(-n2c3ccccc3c3ccccc32)c1O)Cc1cc(C)cc(-n2c3ccccc3c3ccccc32)c1O. The summed E-state index contributed by atoms with van der Waals surface area (Å²) in [5, 5.41) is 28.2. The molecule has 0 spiro atoms. The molecule has 0 radical (unpaired) electrons. The lowest BCUT2D eigenvalue weighted by molar-refractivity contribution is 0.468. The zero-order valence-electron chi connectivity index (χ0n) is 28.1. The maximum absolute atomic E-state index is 11.7. The number of phenolic OH excluding ortho intramolecular Hbond substituents is 2. The zero-order valence-corrected chi connectivity index (χ0v) is 30.0. The van der Waals surface area contributed by atoms with Gasteiger partial charge in [-0.25, -0.2) is 0 Å². The van der Waals surface area contributed by atoms with Gasteiger partial charge >= 0.3 is 0 Å². The summed E-state index contributed by atoms with van der Waals surface area (Å²) in [4.78, 5) is 0. The van der Waals surface area contributed by atoms with E-state index in [9.17, 15) is 10.2 Å². The summed E-state index contributed by atoms with van der Waals surface area (Å²) < 4.78 is 4.44. The normalized spacial score (nSPS) is 12.7. The molecule has 0 amide bonds. The van der Waals surface area contributed by atoms with Gasteiger partial charge in [-0.2, -0.15) is 0 Å². The Morgan fingerprint density at radius 1 is 0.571 bits per heavy atom. The van der Waals surface area contributed by atoms with E-state index in [0.717, 1.165) is 80.3 Å². The van der Waals surface area contributed by atoms with Crippen molar-refractivity contribution in [3.63, 3.8) is 0 Å². The minimum absolute atomic E-state index is 0.324. The van der Waals surface area contributed by atoms with Crippen molar-refractivity contribution in [2.24, 2.45) is 0 Å². The molecule has 0 saturated carbocycles. The standard InChI is InChI=1S/C42H39BN2O2P2/c1-27-21-29(41(46)39(23-27)44-35-15-7-3-11-31(35)32-12-4-8-16-36(32)44)25-48-19-20-49(43)26-30-22-28(2)24-40(42(30)47)45-37-17-9-5-13-33(37)34-14-6-10-18-38(34)45/h3-18,21-24,46-48H,19-20,25-26,43H2,1-2H3. The predicted molar refractivity (Wildman–Crippen MR) is 215 cm³/mol. The van der Waals surface area contributed by atoms with Crippen LogP contribution >= 0.6 is 16.4 Å². The van der Waals surface area contributed by atoms with Crippen LogP contribution in [0.5, 0.6) is 11.5 Å². The molecule has 0 aliphatic heterocycles. The van der Waals surface area contributed by atoms with E-state index in [2.05, 4.69) is 152 Å². The lowest BCUT2D eigenvalue weighted by atomic mass is 10.1. The number of hydrogen-bond donors (Lipinski definition) is 2. The second-order valence-corrected chi connectivity index (χ2v) is 17.1. The lowest BCUT2D eigenvalue weighted by Crippen LogP contribution is -2.00. The number of benzene rings is 6. The Morgan fingerprint density at radius 3 is 1.41 bits per heavy atom. The van der Waals surface area contributed by atoms with Gasteiger partial charge in [-0.3, -0.25) is 0 Å². The monoisotopic (exact) mass is 676 g/mol. The Hall–Kier alpha value is -4.56. The molecule has 2 N–H and O–H groups in total. The highest BCUT2D eigenvalue weighted by molar-refractivity contribution is 7.81. The smallest absolute Gasteiger partial charge is 0.143 e. The van der Waals surface area contributed by atoms with Crippen LogP contribution in [0, 0.1) is 13.8 Å². The van der Waals surface area contributed by atoms with Gasteiger partial charge in [0.15, 0.2) is 0 Å². The Labute approximate surface area is 290 Å². The maximum atomic E-state index is 11.7. The van der Waals surface area contributed by atoms with Crippen LogP contribution in [0.3, 0.4) is 0 Å². The molecule has 2 unspecified atom stereocenters. The molecule has 2 aromatic heterocycles. The second-order valence-electron chi connectivity index (χ2n) is 13.2. The van der Waals surface area contributed by atoms with Crippen LogP contribution in [0.25, 0.3) is 55.0 Å². The van der Waals surface area contributed by atoms with Gasteiger partial charge in [0, 0.05) is 27.1 Å². The van der Waals surface area contributed by atoms with Gasteiger partial charge in [-0.05, 0) is 91.6 Å². The molecule has 49 heavy (non-hydrogen) atoms. The summed E-state index contributed by atoms with van der Waals surface area (Å²) in [5.41, 5.74) is 10.5. The third-order valence-electron chi connectivity index (χ3n) is 9.69. The molecular weight excluding hydrogens is 637 g/mol. The third kappa shape index (κ3) is 5.70. The average Bonchev–Trinajstić information content (AvgIpc) is 3.62. The minimum Gasteiger partial charge on any atom is -0.505 e. The van der Waals surface area contributed by atoms with Crippen LogP contribution in [0.1, 0.15) is 22.3 Å². The first-order valence-electron chi connectivity index (χ1n) is 16.9. The number of aryl methyl sites for hydroxylation is 2. The van der Waals surface area contributed by atoms with E-state index in [4.69, 9.17) is 0 Å². The average molecular weight is 677 g/mol. The van der Waals surface area contributed by atoms with Crippen LogP contribution < -0.4 is 0 Å². The zero-order chi connectivity index (χ0) is 33.6. The molecule has 8 rings (SSSR count). The molecule has 242 valence electrons. The highest BCUT2D eigenvalue weighted by atomic mass is 31.1. The summed E-state index contributed by atoms with van der Waals surface area (Å²) >= 11 is 0. The summed E-state index contributed by atoms with van der Waals surface area (Å²) in [6, 6.07) is 42.3. The van der Waals surface area contributed by atoms with Crippen molar-refractivity contribution in [2.45, 2.75) is 26.2 Å². The molecule has 2 atom stereocenters. The topological polar surface area (TPSA) is 50.3 Å². The fourth-order valence-electron chi connectivity index (χ4n) is 7.49. The molecule has 0 aliphatic carbocycles. The van der Waals surface area contributed by atoms with E-state index < -0.39 is 0 Å². The van der Waals surface area contributed by atoms with E-state index in [1.54, 1.807) is 0 Å².